The number of hydrogen-bond acceptors (Lipinski definition) is 3. The summed E-state index contributed by atoms with van der Waals surface area (Å²) in [7, 11) is 0. The number of carbonyl (C=O) groups excluding carboxylic acids is 1. The Kier molecular flexibility index (Phi) is 4.87. The molecule has 2 rings (SSSR count). The second-order valence-corrected chi connectivity index (χ2v) is 4.56. The molecule has 4 heteroatoms. The summed E-state index contributed by atoms with van der Waals surface area (Å²) in [5.74, 6) is -0.122. The van der Waals surface area contributed by atoms with Gasteiger partial charge in [0.2, 0.25) is 0 Å². The van der Waals surface area contributed by atoms with Crippen molar-refractivity contribution in [2.75, 3.05) is 0 Å². The molecule has 20 heavy (non-hydrogen) atoms. The first kappa shape index (κ1) is 14.2. The summed E-state index contributed by atoms with van der Waals surface area (Å²) >= 11 is 0. The monoisotopic (exact) mass is 270 g/mol. The van der Waals surface area contributed by atoms with Crippen molar-refractivity contribution in [3.8, 4) is 0 Å². The molecule has 4 nitrogen and oxygen atoms in total. The molecule has 0 radical (unpaired) electrons. The SMILES string of the molecule is NCc1ccc(C(=O)NCc2cccc(CO)c2)cc1. The van der Waals surface area contributed by atoms with Gasteiger partial charge in [0.05, 0.1) is 6.61 Å². The highest BCUT2D eigenvalue weighted by molar-refractivity contribution is 5.94. The number of aliphatic hydroxyl groups excluding tert-OH is 1. The lowest BCUT2D eigenvalue weighted by atomic mass is 10.1. The molecule has 2 aromatic carbocycles. The number of aliphatic hydroxyl groups is 1. The highest BCUT2D eigenvalue weighted by atomic mass is 16.3. The van der Waals surface area contributed by atoms with Gasteiger partial charge in [0.15, 0.2) is 0 Å². The highest BCUT2D eigenvalue weighted by Gasteiger charge is 2.05. The topological polar surface area (TPSA) is 75.4 Å². The summed E-state index contributed by atoms with van der Waals surface area (Å²) in [6.45, 7) is 0.906. The third kappa shape index (κ3) is 3.66. The minimum atomic E-state index is -0.122. The average molecular weight is 270 g/mol. The summed E-state index contributed by atoms with van der Waals surface area (Å²) in [4.78, 5) is 12.0. The number of hydrogen-bond donors (Lipinski definition) is 3. The molecule has 0 fully saturated rings. The molecule has 0 aliphatic carbocycles. The number of amides is 1. The third-order valence-electron chi connectivity index (χ3n) is 3.08. The van der Waals surface area contributed by atoms with Crippen molar-refractivity contribution in [1.82, 2.24) is 5.32 Å². The minimum Gasteiger partial charge on any atom is -0.392 e. The van der Waals surface area contributed by atoms with Gasteiger partial charge in [-0.1, -0.05) is 36.4 Å². The first-order chi connectivity index (χ1) is 9.72. The average Bonchev–Trinajstić information content (AvgIpc) is 2.53. The van der Waals surface area contributed by atoms with Crippen molar-refractivity contribution in [3.63, 3.8) is 0 Å². The lowest BCUT2D eigenvalue weighted by Crippen LogP contribution is -2.22. The maximum absolute atomic E-state index is 12.0. The molecule has 0 bridgehead atoms. The Morgan fingerprint density at radius 3 is 2.40 bits per heavy atom. The Balaban J connectivity index is 1.97. The maximum Gasteiger partial charge on any atom is 0.251 e. The smallest absolute Gasteiger partial charge is 0.251 e. The van der Waals surface area contributed by atoms with Crippen LogP contribution in [0.15, 0.2) is 48.5 Å². The highest BCUT2D eigenvalue weighted by Crippen LogP contribution is 2.07. The quantitative estimate of drug-likeness (QED) is 0.772. The predicted octanol–water partition coefficient (Wildman–Crippen LogP) is 1.57. The molecule has 0 spiro atoms. The van der Waals surface area contributed by atoms with Crippen molar-refractivity contribution in [3.05, 3.63) is 70.8 Å². The van der Waals surface area contributed by atoms with Gasteiger partial charge >= 0.3 is 0 Å². The van der Waals surface area contributed by atoms with Crippen LogP contribution in [0, 0.1) is 0 Å². The molecule has 0 aliphatic rings. The molecule has 0 atom stereocenters. The van der Waals surface area contributed by atoms with E-state index in [1.807, 2.05) is 36.4 Å². The molecule has 1 amide bonds. The van der Waals surface area contributed by atoms with Crippen LogP contribution in [-0.2, 0) is 19.7 Å². The molecular formula is C16H18N2O2. The van der Waals surface area contributed by atoms with Gasteiger partial charge in [-0.15, -0.1) is 0 Å². The van der Waals surface area contributed by atoms with Crippen molar-refractivity contribution in [2.24, 2.45) is 5.73 Å². The minimum absolute atomic E-state index is 0.00232. The molecule has 104 valence electrons. The maximum atomic E-state index is 12.0. The zero-order valence-corrected chi connectivity index (χ0v) is 11.2. The summed E-state index contributed by atoms with van der Waals surface area (Å²) in [6, 6.07) is 14.7. The fourth-order valence-corrected chi connectivity index (χ4v) is 1.91. The largest absolute Gasteiger partial charge is 0.392 e. The number of carbonyl (C=O) groups is 1. The lowest BCUT2D eigenvalue weighted by molar-refractivity contribution is 0.0951. The number of nitrogens with two attached hydrogens (primary N) is 1. The summed E-state index contributed by atoms with van der Waals surface area (Å²) in [5.41, 5.74) is 8.92. The molecule has 0 saturated carbocycles. The van der Waals surface area contributed by atoms with Crippen molar-refractivity contribution < 1.29 is 9.90 Å². The molecule has 0 saturated heterocycles. The van der Waals surface area contributed by atoms with Crippen molar-refractivity contribution in [2.45, 2.75) is 19.7 Å². The molecule has 2 aromatic rings. The van der Waals surface area contributed by atoms with E-state index in [-0.39, 0.29) is 12.5 Å². The van der Waals surface area contributed by atoms with E-state index in [0.29, 0.717) is 18.7 Å². The van der Waals surface area contributed by atoms with E-state index in [2.05, 4.69) is 5.32 Å². The standard InChI is InChI=1S/C16H18N2O2/c17-9-12-4-6-15(7-5-12)16(20)18-10-13-2-1-3-14(8-13)11-19/h1-8,19H,9-11,17H2,(H,18,20). The molecule has 0 heterocycles. The van der Waals surface area contributed by atoms with E-state index in [0.717, 1.165) is 16.7 Å². The number of rotatable bonds is 5. The molecule has 0 aromatic heterocycles. The van der Waals surface area contributed by atoms with E-state index < -0.39 is 0 Å². The summed E-state index contributed by atoms with van der Waals surface area (Å²) < 4.78 is 0. The fourth-order valence-electron chi connectivity index (χ4n) is 1.91. The number of nitrogens with one attached hydrogen (secondary N) is 1. The van der Waals surface area contributed by atoms with E-state index >= 15 is 0 Å². The van der Waals surface area contributed by atoms with E-state index in [1.165, 1.54) is 0 Å². The Morgan fingerprint density at radius 1 is 1.05 bits per heavy atom. The van der Waals surface area contributed by atoms with E-state index in [9.17, 15) is 4.79 Å². The van der Waals surface area contributed by atoms with Gasteiger partial charge in [-0.3, -0.25) is 4.79 Å². The number of benzene rings is 2. The van der Waals surface area contributed by atoms with Gasteiger partial charge in [-0.25, -0.2) is 0 Å². The Hall–Kier alpha value is -2.17. The summed E-state index contributed by atoms with van der Waals surface area (Å²) in [6.07, 6.45) is 0. The second kappa shape index (κ2) is 6.84. The first-order valence-corrected chi connectivity index (χ1v) is 6.49. The molecule has 4 N–H and O–H groups in total. The van der Waals surface area contributed by atoms with Crippen molar-refractivity contribution >= 4 is 5.91 Å². The van der Waals surface area contributed by atoms with E-state index in [4.69, 9.17) is 10.8 Å². The van der Waals surface area contributed by atoms with Crippen LogP contribution in [0.25, 0.3) is 0 Å². The molecular weight excluding hydrogens is 252 g/mol. The normalized spacial score (nSPS) is 10.3. The van der Waals surface area contributed by atoms with Gasteiger partial charge in [0.25, 0.3) is 5.91 Å². The van der Waals surface area contributed by atoms with Crippen LogP contribution in [0.3, 0.4) is 0 Å². The third-order valence-corrected chi connectivity index (χ3v) is 3.08. The van der Waals surface area contributed by atoms with Crippen LogP contribution in [0.2, 0.25) is 0 Å². The van der Waals surface area contributed by atoms with Crippen LogP contribution in [0.4, 0.5) is 0 Å². The van der Waals surface area contributed by atoms with Crippen LogP contribution in [0.1, 0.15) is 27.0 Å². The van der Waals surface area contributed by atoms with Crippen molar-refractivity contribution in [1.29, 1.82) is 0 Å². The lowest BCUT2D eigenvalue weighted by Gasteiger charge is -2.07. The zero-order valence-electron chi connectivity index (χ0n) is 11.2. The fraction of sp³-hybridized carbons (Fsp3) is 0.188. The van der Waals surface area contributed by atoms with Crippen LogP contribution in [0.5, 0.6) is 0 Å². The van der Waals surface area contributed by atoms with E-state index in [1.54, 1.807) is 12.1 Å². The first-order valence-electron chi connectivity index (χ1n) is 6.49. The van der Waals surface area contributed by atoms with Crippen LogP contribution in [-0.4, -0.2) is 11.0 Å². The van der Waals surface area contributed by atoms with Gasteiger partial charge in [0, 0.05) is 18.7 Å². The summed E-state index contributed by atoms with van der Waals surface area (Å²) in [5, 5.41) is 11.9. The van der Waals surface area contributed by atoms with Gasteiger partial charge in [-0.05, 0) is 28.8 Å². The Bertz CT molecular complexity index is 579. The zero-order chi connectivity index (χ0) is 14.4. The molecule has 0 unspecified atom stereocenters. The van der Waals surface area contributed by atoms with Crippen LogP contribution >= 0.6 is 0 Å². The van der Waals surface area contributed by atoms with Gasteiger partial charge in [0.1, 0.15) is 0 Å². The Labute approximate surface area is 118 Å². The predicted molar refractivity (Wildman–Crippen MR) is 77.9 cm³/mol. The van der Waals surface area contributed by atoms with Gasteiger partial charge in [-0.2, -0.15) is 0 Å². The van der Waals surface area contributed by atoms with Crippen LogP contribution < -0.4 is 11.1 Å². The molecule has 0 aliphatic heterocycles. The Morgan fingerprint density at radius 2 is 1.75 bits per heavy atom. The second-order valence-electron chi connectivity index (χ2n) is 4.56. The van der Waals surface area contributed by atoms with Gasteiger partial charge < -0.3 is 16.2 Å².